The van der Waals surface area contributed by atoms with Crippen LogP contribution >= 0.6 is 0 Å². The summed E-state index contributed by atoms with van der Waals surface area (Å²) < 4.78 is 22.0. The Hall–Kier alpha value is -0.690. The highest BCUT2D eigenvalue weighted by Crippen LogP contribution is 2.30. The summed E-state index contributed by atoms with van der Waals surface area (Å²) in [5.74, 6) is -0.573. The first kappa shape index (κ1) is 12.3. The quantitative estimate of drug-likeness (QED) is 0.649. The molecule has 1 spiro atoms. The molecule has 102 valence electrons. The van der Waals surface area contributed by atoms with Crippen LogP contribution in [0.4, 0.5) is 0 Å². The maximum atomic E-state index is 12.3. The molecule has 3 aliphatic heterocycles. The molecule has 3 heterocycles. The second kappa shape index (κ2) is 5.13. The molecule has 1 unspecified atom stereocenters. The van der Waals surface area contributed by atoms with E-state index in [1.807, 2.05) is 0 Å². The summed E-state index contributed by atoms with van der Waals surface area (Å²) in [6, 6.07) is 0. The lowest BCUT2D eigenvalue weighted by molar-refractivity contribution is -0.200. The lowest BCUT2D eigenvalue weighted by Gasteiger charge is -2.40. The first-order valence-corrected chi connectivity index (χ1v) is 6.55. The average molecular weight is 257 g/mol. The fourth-order valence-electron chi connectivity index (χ4n) is 2.74. The number of likely N-dealkylation sites (tertiary alicyclic amines) is 1. The van der Waals surface area contributed by atoms with Gasteiger partial charge in [0.1, 0.15) is 0 Å². The topological polar surface area (TPSA) is 57.2 Å². The van der Waals surface area contributed by atoms with Gasteiger partial charge < -0.3 is 23.8 Å². The van der Waals surface area contributed by atoms with Gasteiger partial charge in [0.15, 0.2) is 11.9 Å². The summed E-state index contributed by atoms with van der Waals surface area (Å²) in [5.41, 5.74) is 0. The van der Waals surface area contributed by atoms with Crippen molar-refractivity contribution in [3.63, 3.8) is 0 Å². The molecule has 6 nitrogen and oxygen atoms in total. The van der Waals surface area contributed by atoms with Crippen LogP contribution in [0.15, 0.2) is 0 Å². The highest BCUT2D eigenvalue weighted by atomic mass is 16.7. The van der Waals surface area contributed by atoms with Gasteiger partial charge in [-0.05, 0) is 6.42 Å². The zero-order valence-corrected chi connectivity index (χ0v) is 10.4. The predicted molar refractivity (Wildman–Crippen MR) is 61.0 cm³/mol. The maximum absolute atomic E-state index is 12.3. The lowest BCUT2D eigenvalue weighted by Crippen LogP contribution is -2.55. The zero-order valence-electron chi connectivity index (χ0n) is 10.4. The Morgan fingerprint density at radius 1 is 1.17 bits per heavy atom. The summed E-state index contributed by atoms with van der Waals surface area (Å²) in [4.78, 5) is 14.1. The van der Waals surface area contributed by atoms with E-state index in [-0.39, 0.29) is 5.91 Å². The number of piperidine rings is 1. The third-order valence-corrected chi connectivity index (χ3v) is 3.63. The Morgan fingerprint density at radius 3 is 2.72 bits per heavy atom. The number of nitrogens with zero attached hydrogens (tertiary/aromatic N) is 1. The molecular weight excluding hydrogens is 238 g/mol. The van der Waals surface area contributed by atoms with Gasteiger partial charge >= 0.3 is 0 Å². The summed E-state index contributed by atoms with van der Waals surface area (Å²) >= 11 is 0. The Labute approximate surface area is 106 Å². The van der Waals surface area contributed by atoms with Gasteiger partial charge in [0, 0.05) is 13.0 Å². The molecule has 3 aliphatic rings. The van der Waals surface area contributed by atoms with E-state index < -0.39 is 11.9 Å². The van der Waals surface area contributed by atoms with Gasteiger partial charge in [0.05, 0.1) is 39.6 Å². The first-order valence-electron chi connectivity index (χ1n) is 6.55. The van der Waals surface area contributed by atoms with E-state index in [4.69, 9.17) is 18.9 Å². The van der Waals surface area contributed by atoms with Crippen LogP contribution in [0.25, 0.3) is 0 Å². The van der Waals surface area contributed by atoms with Crippen LogP contribution in [0.2, 0.25) is 0 Å². The van der Waals surface area contributed by atoms with Crippen LogP contribution < -0.4 is 0 Å². The minimum Gasteiger partial charge on any atom is -0.376 e. The molecule has 0 aromatic rings. The van der Waals surface area contributed by atoms with E-state index in [1.54, 1.807) is 4.90 Å². The SMILES string of the molecule is O=C(C1COCCO1)N1CCCC2(C1)OCCO2. The normalized spacial score (nSPS) is 31.8. The summed E-state index contributed by atoms with van der Waals surface area (Å²) in [6.07, 6.45) is 1.30. The summed E-state index contributed by atoms with van der Waals surface area (Å²) in [5, 5.41) is 0. The highest BCUT2D eigenvalue weighted by molar-refractivity contribution is 5.81. The van der Waals surface area contributed by atoms with E-state index in [0.717, 1.165) is 19.4 Å². The molecule has 6 heteroatoms. The number of hydrogen-bond donors (Lipinski definition) is 0. The van der Waals surface area contributed by atoms with Crippen molar-refractivity contribution >= 4 is 5.91 Å². The van der Waals surface area contributed by atoms with Gasteiger partial charge in [-0.3, -0.25) is 4.79 Å². The second-order valence-corrected chi connectivity index (χ2v) is 4.91. The maximum Gasteiger partial charge on any atom is 0.254 e. The van der Waals surface area contributed by atoms with Crippen molar-refractivity contribution in [2.24, 2.45) is 0 Å². The van der Waals surface area contributed by atoms with Crippen LogP contribution in [-0.4, -0.2) is 68.8 Å². The number of hydrogen-bond acceptors (Lipinski definition) is 5. The van der Waals surface area contributed by atoms with Crippen LogP contribution in [0.5, 0.6) is 0 Å². The fraction of sp³-hybridized carbons (Fsp3) is 0.917. The Morgan fingerprint density at radius 2 is 2.00 bits per heavy atom. The largest absolute Gasteiger partial charge is 0.376 e. The molecule has 1 amide bonds. The highest BCUT2D eigenvalue weighted by Gasteiger charge is 2.43. The van der Waals surface area contributed by atoms with Gasteiger partial charge in [-0.15, -0.1) is 0 Å². The minimum atomic E-state index is -0.566. The molecule has 1 atom stereocenters. The Kier molecular flexibility index (Phi) is 3.52. The van der Waals surface area contributed by atoms with Crippen molar-refractivity contribution in [2.45, 2.75) is 24.7 Å². The minimum absolute atomic E-state index is 0.00660. The third kappa shape index (κ3) is 2.38. The molecular formula is C12H19NO5. The molecule has 0 aromatic carbocycles. The van der Waals surface area contributed by atoms with Gasteiger partial charge in [0.25, 0.3) is 5.91 Å². The fourth-order valence-corrected chi connectivity index (χ4v) is 2.74. The number of amides is 1. The Bertz CT molecular complexity index is 310. The molecule has 3 saturated heterocycles. The molecule has 18 heavy (non-hydrogen) atoms. The van der Waals surface area contributed by atoms with Crippen molar-refractivity contribution in [1.82, 2.24) is 4.90 Å². The van der Waals surface area contributed by atoms with Crippen molar-refractivity contribution < 1.29 is 23.7 Å². The van der Waals surface area contributed by atoms with Gasteiger partial charge in [-0.1, -0.05) is 0 Å². The average Bonchev–Trinajstić information content (AvgIpc) is 2.87. The third-order valence-electron chi connectivity index (χ3n) is 3.63. The van der Waals surface area contributed by atoms with E-state index >= 15 is 0 Å². The van der Waals surface area contributed by atoms with E-state index in [1.165, 1.54) is 0 Å². The van der Waals surface area contributed by atoms with Gasteiger partial charge in [-0.2, -0.15) is 0 Å². The van der Waals surface area contributed by atoms with Crippen molar-refractivity contribution in [3.05, 3.63) is 0 Å². The number of rotatable bonds is 1. The number of ether oxygens (including phenoxy) is 4. The lowest BCUT2D eigenvalue weighted by atomic mass is 10.0. The van der Waals surface area contributed by atoms with Crippen LogP contribution in [0.3, 0.4) is 0 Å². The standard InChI is InChI=1S/C12H19NO5/c14-11(10-8-15-4-5-16-10)13-3-1-2-12(9-13)17-6-7-18-12/h10H,1-9H2. The number of carbonyl (C=O) groups excluding carboxylic acids is 1. The van der Waals surface area contributed by atoms with Crippen LogP contribution in [0.1, 0.15) is 12.8 Å². The van der Waals surface area contributed by atoms with E-state index in [2.05, 4.69) is 0 Å². The summed E-state index contributed by atoms with van der Waals surface area (Å²) in [6.45, 7) is 3.89. The zero-order chi connectivity index (χ0) is 12.4. The summed E-state index contributed by atoms with van der Waals surface area (Å²) in [7, 11) is 0. The van der Waals surface area contributed by atoms with E-state index in [9.17, 15) is 4.79 Å². The van der Waals surface area contributed by atoms with Crippen molar-refractivity contribution in [2.75, 3.05) is 46.1 Å². The van der Waals surface area contributed by atoms with E-state index in [0.29, 0.717) is 39.6 Å². The monoisotopic (exact) mass is 257 g/mol. The van der Waals surface area contributed by atoms with Crippen LogP contribution in [0, 0.1) is 0 Å². The molecule has 0 aromatic heterocycles. The molecule has 0 aliphatic carbocycles. The van der Waals surface area contributed by atoms with Crippen molar-refractivity contribution in [3.8, 4) is 0 Å². The number of carbonyl (C=O) groups is 1. The van der Waals surface area contributed by atoms with Gasteiger partial charge in [0.2, 0.25) is 0 Å². The van der Waals surface area contributed by atoms with Gasteiger partial charge in [-0.25, -0.2) is 0 Å². The van der Waals surface area contributed by atoms with Crippen LogP contribution in [-0.2, 0) is 23.7 Å². The molecule has 3 rings (SSSR count). The van der Waals surface area contributed by atoms with Crippen molar-refractivity contribution in [1.29, 1.82) is 0 Å². The molecule has 3 fully saturated rings. The molecule has 0 saturated carbocycles. The second-order valence-electron chi connectivity index (χ2n) is 4.91. The smallest absolute Gasteiger partial charge is 0.254 e. The molecule has 0 bridgehead atoms. The predicted octanol–water partition coefficient (Wildman–Crippen LogP) is -0.233. The molecule has 0 radical (unpaired) electrons. The Balaban J connectivity index is 1.62. The molecule has 0 N–H and O–H groups in total. The first-order chi connectivity index (χ1) is 8.79.